The zero-order chi connectivity index (χ0) is 23.5. The van der Waals surface area contributed by atoms with Crippen molar-refractivity contribution in [2.24, 2.45) is 0 Å². The number of aromatic nitrogens is 1. The van der Waals surface area contributed by atoms with Crippen molar-refractivity contribution in [3.63, 3.8) is 0 Å². The first-order chi connectivity index (χ1) is 16.6. The van der Waals surface area contributed by atoms with Crippen molar-refractivity contribution in [2.75, 3.05) is 19.2 Å². The standard InChI is InChI=1S/C26H23N3O4S/c1-31-22-10-6-5-9-20(22)28-26(34)29(14-17-7-3-2-4-8-17)15-19-11-18-12-23-24(33-16-32-23)13-21(18)27-25(19)30/h2-13H,14-16H2,1H3,(H,27,30)(H,28,34). The van der Waals surface area contributed by atoms with Gasteiger partial charge in [-0.1, -0.05) is 42.5 Å². The third kappa shape index (κ3) is 4.53. The van der Waals surface area contributed by atoms with Crippen molar-refractivity contribution in [1.29, 1.82) is 0 Å². The maximum Gasteiger partial charge on any atom is 0.253 e. The van der Waals surface area contributed by atoms with Crippen LogP contribution < -0.4 is 25.1 Å². The van der Waals surface area contributed by atoms with Gasteiger partial charge in [-0.3, -0.25) is 4.79 Å². The van der Waals surface area contributed by atoms with E-state index in [1.54, 1.807) is 13.2 Å². The molecule has 7 nitrogen and oxygen atoms in total. The lowest BCUT2D eigenvalue weighted by molar-refractivity contribution is 0.174. The molecule has 1 aliphatic rings. The Bertz CT molecular complexity index is 1400. The highest BCUT2D eigenvalue weighted by Gasteiger charge is 2.18. The molecule has 0 radical (unpaired) electrons. The molecule has 8 heteroatoms. The van der Waals surface area contributed by atoms with Crippen LogP contribution in [0.2, 0.25) is 0 Å². The fourth-order valence-electron chi connectivity index (χ4n) is 3.91. The van der Waals surface area contributed by atoms with Gasteiger partial charge in [-0.25, -0.2) is 0 Å². The molecule has 34 heavy (non-hydrogen) atoms. The fourth-order valence-corrected chi connectivity index (χ4v) is 4.15. The number of benzene rings is 3. The number of hydrogen-bond acceptors (Lipinski definition) is 5. The van der Waals surface area contributed by atoms with E-state index in [1.807, 2.05) is 71.6 Å². The summed E-state index contributed by atoms with van der Waals surface area (Å²) in [5.41, 5.74) is 2.94. The molecule has 0 amide bonds. The van der Waals surface area contributed by atoms with Gasteiger partial charge in [0.05, 0.1) is 24.9 Å². The minimum atomic E-state index is -0.176. The van der Waals surface area contributed by atoms with Crippen LogP contribution in [0.5, 0.6) is 17.2 Å². The van der Waals surface area contributed by atoms with Crippen LogP contribution in [0.3, 0.4) is 0 Å². The van der Waals surface area contributed by atoms with Gasteiger partial charge in [0.15, 0.2) is 16.6 Å². The minimum absolute atomic E-state index is 0.176. The van der Waals surface area contributed by atoms with Crippen LogP contribution in [0.15, 0.2) is 77.6 Å². The highest BCUT2D eigenvalue weighted by atomic mass is 32.1. The molecule has 5 rings (SSSR count). The van der Waals surface area contributed by atoms with E-state index >= 15 is 0 Å². The van der Waals surface area contributed by atoms with E-state index in [2.05, 4.69) is 10.3 Å². The number of thiocarbonyl (C=S) groups is 1. The predicted octanol–water partition coefficient (Wildman–Crippen LogP) is 4.66. The first-order valence-electron chi connectivity index (χ1n) is 10.8. The number of nitrogens with zero attached hydrogens (tertiary/aromatic N) is 1. The van der Waals surface area contributed by atoms with E-state index < -0.39 is 0 Å². The van der Waals surface area contributed by atoms with Crippen molar-refractivity contribution in [1.82, 2.24) is 9.88 Å². The van der Waals surface area contributed by atoms with Crippen LogP contribution in [0.4, 0.5) is 5.69 Å². The molecule has 0 saturated carbocycles. The lowest BCUT2D eigenvalue weighted by Gasteiger charge is -2.26. The Hall–Kier alpha value is -4.04. The average Bonchev–Trinajstić information content (AvgIpc) is 3.31. The number of nitrogens with one attached hydrogen (secondary N) is 2. The van der Waals surface area contributed by atoms with Crippen LogP contribution in [0.25, 0.3) is 10.9 Å². The second-order valence-electron chi connectivity index (χ2n) is 7.89. The molecule has 2 heterocycles. The average molecular weight is 474 g/mol. The summed E-state index contributed by atoms with van der Waals surface area (Å²) >= 11 is 5.78. The molecule has 4 aromatic rings. The van der Waals surface area contributed by atoms with Gasteiger partial charge in [-0.15, -0.1) is 0 Å². The van der Waals surface area contributed by atoms with Crippen LogP contribution in [-0.4, -0.2) is 28.9 Å². The summed E-state index contributed by atoms with van der Waals surface area (Å²) in [5, 5.41) is 4.62. The van der Waals surface area contributed by atoms with Crippen LogP contribution >= 0.6 is 12.2 Å². The Morgan fingerprint density at radius 3 is 2.56 bits per heavy atom. The largest absolute Gasteiger partial charge is 0.495 e. The molecule has 0 fully saturated rings. The number of anilines is 1. The van der Waals surface area contributed by atoms with Gasteiger partial charge in [-0.2, -0.15) is 0 Å². The van der Waals surface area contributed by atoms with Gasteiger partial charge < -0.3 is 29.4 Å². The highest BCUT2D eigenvalue weighted by Crippen LogP contribution is 2.35. The third-order valence-electron chi connectivity index (χ3n) is 5.63. The summed E-state index contributed by atoms with van der Waals surface area (Å²) in [5.74, 6) is 1.98. The zero-order valence-corrected chi connectivity index (χ0v) is 19.4. The zero-order valence-electron chi connectivity index (χ0n) is 18.5. The van der Waals surface area contributed by atoms with Gasteiger partial charge in [0, 0.05) is 23.6 Å². The summed E-state index contributed by atoms with van der Waals surface area (Å²) in [7, 11) is 1.62. The molecule has 0 aliphatic carbocycles. The number of hydrogen-bond donors (Lipinski definition) is 2. The van der Waals surface area contributed by atoms with E-state index in [1.165, 1.54) is 0 Å². The molecule has 0 spiro atoms. The van der Waals surface area contributed by atoms with E-state index in [-0.39, 0.29) is 12.4 Å². The lowest BCUT2D eigenvalue weighted by Crippen LogP contribution is -2.35. The number of ether oxygens (including phenoxy) is 3. The van der Waals surface area contributed by atoms with Gasteiger partial charge in [0.25, 0.3) is 5.56 Å². The Morgan fingerprint density at radius 2 is 1.76 bits per heavy atom. The van der Waals surface area contributed by atoms with Crippen LogP contribution in [-0.2, 0) is 13.1 Å². The van der Waals surface area contributed by atoms with Gasteiger partial charge in [0.1, 0.15) is 5.75 Å². The molecule has 0 unspecified atom stereocenters. The Balaban J connectivity index is 1.47. The molecule has 1 aromatic heterocycles. The second-order valence-corrected chi connectivity index (χ2v) is 8.28. The molecule has 2 N–H and O–H groups in total. The van der Waals surface area contributed by atoms with Crippen molar-refractivity contribution < 1.29 is 14.2 Å². The lowest BCUT2D eigenvalue weighted by atomic mass is 10.1. The molecule has 0 bridgehead atoms. The SMILES string of the molecule is COc1ccccc1NC(=S)N(Cc1ccccc1)Cc1cc2cc3c(cc2[nH]c1=O)OCO3. The minimum Gasteiger partial charge on any atom is -0.495 e. The van der Waals surface area contributed by atoms with Gasteiger partial charge in [0.2, 0.25) is 6.79 Å². The fraction of sp³-hybridized carbons (Fsp3) is 0.154. The first kappa shape index (κ1) is 21.8. The summed E-state index contributed by atoms with van der Waals surface area (Å²) in [6.45, 7) is 1.02. The van der Waals surface area contributed by atoms with Crippen molar-refractivity contribution in [2.45, 2.75) is 13.1 Å². The Morgan fingerprint density at radius 1 is 1.03 bits per heavy atom. The van der Waals surface area contributed by atoms with E-state index in [4.69, 9.17) is 26.4 Å². The topological polar surface area (TPSA) is 75.8 Å². The highest BCUT2D eigenvalue weighted by molar-refractivity contribution is 7.80. The van der Waals surface area contributed by atoms with Crippen LogP contribution in [0, 0.1) is 0 Å². The number of rotatable bonds is 6. The number of H-pyrrole nitrogens is 1. The van der Waals surface area contributed by atoms with E-state index in [0.717, 1.165) is 16.6 Å². The van der Waals surface area contributed by atoms with E-state index in [0.29, 0.717) is 46.5 Å². The number of fused-ring (bicyclic) bond motifs is 2. The molecule has 1 aliphatic heterocycles. The van der Waals surface area contributed by atoms with Crippen LogP contribution in [0.1, 0.15) is 11.1 Å². The molecular weight excluding hydrogens is 450 g/mol. The molecule has 0 atom stereocenters. The number of para-hydroxylation sites is 2. The number of pyridine rings is 1. The molecule has 3 aromatic carbocycles. The van der Waals surface area contributed by atoms with Crippen molar-refractivity contribution in [3.8, 4) is 17.2 Å². The summed E-state index contributed by atoms with van der Waals surface area (Å²) < 4.78 is 16.4. The summed E-state index contributed by atoms with van der Waals surface area (Å²) in [6.07, 6.45) is 0. The second kappa shape index (κ2) is 9.44. The summed E-state index contributed by atoms with van der Waals surface area (Å²) in [4.78, 5) is 17.9. The van der Waals surface area contributed by atoms with Crippen molar-refractivity contribution in [3.05, 3.63) is 94.3 Å². The summed E-state index contributed by atoms with van der Waals surface area (Å²) in [6, 6.07) is 23.1. The predicted molar refractivity (Wildman–Crippen MR) is 136 cm³/mol. The van der Waals surface area contributed by atoms with E-state index in [9.17, 15) is 4.79 Å². The third-order valence-corrected chi connectivity index (χ3v) is 5.99. The normalized spacial score (nSPS) is 11.9. The number of aromatic amines is 1. The van der Waals surface area contributed by atoms with Crippen molar-refractivity contribution >= 4 is 33.9 Å². The number of methoxy groups -OCH3 is 1. The van der Waals surface area contributed by atoms with Gasteiger partial charge in [-0.05, 0) is 42.0 Å². The monoisotopic (exact) mass is 473 g/mol. The van der Waals surface area contributed by atoms with Gasteiger partial charge >= 0.3 is 0 Å². The first-order valence-corrected chi connectivity index (χ1v) is 11.2. The Labute approximate surface area is 201 Å². The smallest absolute Gasteiger partial charge is 0.253 e. The quantitative estimate of drug-likeness (QED) is 0.394. The molecule has 0 saturated heterocycles. The Kier molecular flexibility index (Phi) is 6.05. The maximum atomic E-state index is 13.0. The molecular formula is C26H23N3O4S. The maximum absolute atomic E-state index is 13.0. The molecule has 172 valence electrons.